The van der Waals surface area contributed by atoms with E-state index in [0.717, 1.165) is 54.5 Å². The average molecular weight is 428 g/mol. The number of anilines is 1. The first-order valence-corrected chi connectivity index (χ1v) is 11.0. The Hall–Kier alpha value is -3.80. The van der Waals surface area contributed by atoms with Crippen LogP contribution in [0.4, 0.5) is 11.4 Å². The molecule has 1 N–H and O–H groups in total. The van der Waals surface area contributed by atoms with Crippen LogP contribution in [0.25, 0.3) is 0 Å². The van der Waals surface area contributed by atoms with Gasteiger partial charge in [0.25, 0.3) is 5.91 Å². The highest BCUT2D eigenvalue weighted by molar-refractivity contribution is 6.05. The minimum atomic E-state index is -0.219. The van der Waals surface area contributed by atoms with Gasteiger partial charge in [-0.1, -0.05) is 30.3 Å². The van der Waals surface area contributed by atoms with Crippen LogP contribution in [0.5, 0.6) is 17.2 Å². The standard InChI is InChI=1S/C26H25N3O3/c30-25(18-31-20-9-3-1-4-10-20)27-19-13-14-23-21(17-19)26(29-15-7-2-8-16-29)28-22-11-5-6-12-24(22)32-23/h1,3-6,9-14,17H,2,7-8,15-16,18H2,(H,27,30). The molecule has 6 nitrogen and oxygen atoms in total. The average Bonchev–Trinajstić information content (AvgIpc) is 3.00. The van der Waals surface area contributed by atoms with E-state index in [2.05, 4.69) is 10.2 Å². The largest absolute Gasteiger partial charge is 0.484 e. The summed E-state index contributed by atoms with van der Waals surface area (Å²) >= 11 is 0. The van der Waals surface area contributed by atoms with Crippen molar-refractivity contribution in [3.63, 3.8) is 0 Å². The first-order chi connectivity index (χ1) is 15.8. The number of aliphatic imine (C=N–C) groups is 1. The third-order valence-corrected chi connectivity index (χ3v) is 5.58. The van der Waals surface area contributed by atoms with Crippen molar-refractivity contribution in [2.75, 3.05) is 25.0 Å². The van der Waals surface area contributed by atoms with E-state index in [0.29, 0.717) is 11.4 Å². The molecule has 2 heterocycles. The molecule has 3 aromatic rings. The zero-order valence-electron chi connectivity index (χ0n) is 17.8. The minimum Gasteiger partial charge on any atom is -0.484 e. The van der Waals surface area contributed by atoms with Crippen LogP contribution in [0.2, 0.25) is 0 Å². The smallest absolute Gasteiger partial charge is 0.262 e. The van der Waals surface area contributed by atoms with Gasteiger partial charge in [-0.05, 0) is 61.7 Å². The second kappa shape index (κ2) is 9.14. The monoisotopic (exact) mass is 427 g/mol. The number of amides is 1. The number of hydrogen-bond donors (Lipinski definition) is 1. The normalized spacial score (nSPS) is 14.9. The number of nitrogens with zero attached hydrogens (tertiary/aromatic N) is 2. The molecule has 2 aliphatic heterocycles. The lowest BCUT2D eigenvalue weighted by atomic mass is 10.1. The van der Waals surface area contributed by atoms with E-state index in [-0.39, 0.29) is 12.5 Å². The van der Waals surface area contributed by atoms with Gasteiger partial charge in [0.1, 0.15) is 23.0 Å². The summed E-state index contributed by atoms with van der Waals surface area (Å²) < 4.78 is 11.8. The van der Waals surface area contributed by atoms with Crippen molar-refractivity contribution < 1.29 is 14.3 Å². The summed E-state index contributed by atoms with van der Waals surface area (Å²) in [5, 5.41) is 2.93. The first kappa shape index (κ1) is 20.1. The van der Waals surface area contributed by atoms with Gasteiger partial charge < -0.3 is 19.7 Å². The molecule has 6 heteroatoms. The van der Waals surface area contributed by atoms with Crippen LogP contribution in [-0.4, -0.2) is 36.3 Å². The van der Waals surface area contributed by atoms with Gasteiger partial charge in [-0.2, -0.15) is 0 Å². The number of rotatable bonds is 4. The van der Waals surface area contributed by atoms with Crippen molar-refractivity contribution in [2.24, 2.45) is 4.99 Å². The Morgan fingerprint density at radius 3 is 2.56 bits per heavy atom. The molecule has 1 saturated heterocycles. The molecule has 0 bridgehead atoms. The number of para-hydroxylation sites is 3. The topological polar surface area (TPSA) is 63.2 Å². The fourth-order valence-corrected chi connectivity index (χ4v) is 4.01. The summed E-state index contributed by atoms with van der Waals surface area (Å²) in [7, 11) is 0. The maximum absolute atomic E-state index is 12.5. The van der Waals surface area contributed by atoms with Crippen molar-refractivity contribution >= 4 is 23.1 Å². The first-order valence-electron chi connectivity index (χ1n) is 11.0. The molecule has 0 spiro atoms. The van der Waals surface area contributed by atoms with E-state index >= 15 is 0 Å². The molecule has 0 radical (unpaired) electrons. The summed E-state index contributed by atoms with van der Waals surface area (Å²) in [6, 6.07) is 22.8. The van der Waals surface area contributed by atoms with Crippen LogP contribution in [-0.2, 0) is 4.79 Å². The molecule has 162 valence electrons. The van der Waals surface area contributed by atoms with Crippen LogP contribution < -0.4 is 14.8 Å². The highest BCUT2D eigenvalue weighted by Gasteiger charge is 2.24. The summed E-state index contributed by atoms with van der Waals surface area (Å²) in [5.41, 5.74) is 2.38. The third-order valence-electron chi connectivity index (χ3n) is 5.58. The van der Waals surface area contributed by atoms with Gasteiger partial charge in [-0.25, -0.2) is 4.99 Å². The van der Waals surface area contributed by atoms with E-state index < -0.39 is 0 Å². The van der Waals surface area contributed by atoms with Crippen LogP contribution in [0.1, 0.15) is 24.8 Å². The minimum absolute atomic E-state index is 0.0594. The summed E-state index contributed by atoms with van der Waals surface area (Å²) in [4.78, 5) is 19.8. The number of carbonyl (C=O) groups is 1. The van der Waals surface area contributed by atoms with E-state index in [4.69, 9.17) is 14.5 Å². The zero-order chi connectivity index (χ0) is 21.8. The second-order valence-electron chi connectivity index (χ2n) is 7.91. The van der Waals surface area contributed by atoms with Crippen molar-refractivity contribution in [3.05, 3.63) is 78.4 Å². The molecular weight excluding hydrogens is 402 g/mol. The molecule has 1 fully saturated rings. The lowest BCUT2D eigenvalue weighted by molar-refractivity contribution is -0.118. The number of hydrogen-bond acceptors (Lipinski definition) is 5. The molecule has 0 atom stereocenters. The molecule has 5 rings (SSSR count). The quantitative estimate of drug-likeness (QED) is 0.608. The number of nitrogens with one attached hydrogen (secondary N) is 1. The number of likely N-dealkylation sites (tertiary alicyclic amines) is 1. The summed E-state index contributed by atoms with van der Waals surface area (Å²) in [6.45, 7) is 1.86. The van der Waals surface area contributed by atoms with E-state index in [9.17, 15) is 4.79 Å². The highest BCUT2D eigenvalue weighted by atomic mass is 16.5. The summed E-state index contributed by atoms with van der Waals surface area (Å²) in [6.07, 6.45) is 3.52. The van der Waals surface area contributed by atoms with Crippen molar-refractivity contribution in [1.82, 2.24) is 4.90 Å². The number of amidine groups is 1. The molecule has 0 aromatic heterocycles. The van der Waals surface area contributed by atoms with Crippen LogP contribution in [0, 0.1) is 0 Å². The van der Waals surface area contributed by atoms with Crippen molar-refractivity contribution in [1.29, 1.82) is 0 Å². The van der Waals surface area contributed by atoms with Crippen LogP contribution in [0.3, 0.4) is 0 Å². The maximum Gasteiger partial charge on any atom is 0.262 e. The number of benzene rings is 3. The molecule has 3 aromatic carbocycles. The Labute approximate surface area is 187 Å². The van der Waals surface area contributed by atoms with Crippen molar-refractivity contribution in [3.8, 4) is 17.2 Å². The van der Waals surface area contributed by atoms with E-state index in [1.165, 1.54) is 6.42 Å². The lowest BCUT2D eigenvalue weighted by Crippen LogP contribution is -2.36. The number of piperidine rings is 1. The number of fused-ring (bicyclic) bond motifs is 2. The van der Waals surface area contributed by atoms with Crippen LogP contribution in [0.15, 0.2) is 77.8 Å². The fourth-order valence-electron chi connectivity index (χ4n) is 4.01. The van der Waals surface area contributed by atoms with Gasteiger partial charge in [-0.3, -0.25) is 4.79 Å². The number of carbonyl (C=O) groups excluding carboxylic acids is 1. The third kappa shape index (κ3) is 4.44. The lowest BCUT2D eigenvalue weighted by Gasteiger charge is -2.30. The predicted molar refractivity (Wildman–Crippen MR) is 125 cm³/mol. The van der Waals surface area contributed by atoms with Gasteiger partial charge in [-0.15, -0.1) is 0 Å². The molecule has 0 saturated carbocycles. The van der Waals surface area contributed by atoms with Crippen LogP contribution >= 0.6 is 0 Å². The summed E-state index contributed by atoms with van der Waals surface area (Å²) in [5.74, 6) is 2.80. The van der Waals surface area contributed by atoms with Gasteiger partial charge in [0.05, 0.1) is 5.56 Å². The second-order valence-corrected chi connectivity index (χ2v) is 7.91. The molecule has 0 unspecified atom stereocenters. The van der Waals surface area contributed by atoms with Gasteiger partial charge in [0.2, 0.25) is 0 Å². The fraction of sp³-hybridized carbons (Fsp3) is 0.231. The Bertz CT molecular complexity index is 1140. The van der Waals surface area contributed by atoms with Gasteiger partial charge >= 0.3 is 0 Å². The molecule has 2 aliphatic rings. The Morgan fingerprint density at radius 1 is 0.938 bits per heavy atom. The molecule has 32 heavy (non-hydrogen) atoms. The highest BCUT2D eigenvalue weighted by Crippen LogP contribution is 2.39. The van der Waals surface area contributed by atoms with Gasteiger partial charge in [0, 0.05) is 18.8 Å². The van der Waals surface area contributed by atoms with E-state index in [1.54, 1.807) is 0 Å². The molecular formula is C26H25N3O3. The Kier molecular flexibility index (Phi) is 5.75. The molecule has 0 aliphatic carbocycles. The Balaban J connectivity index is 1.41. The Morgan fingerprint density at radius 2 is 1.72 bits per heavy atom. The SMILES string of the molecule is O=C(COc1ccccc1)Nc1ccc2c(c1)C(N1CCCCC1)=Nc1ccccc1O2. The maximum atomic E-state index is 12.5. The van der Waals surface area contributed by atoms with Crippen molar-refractivity contribution in [2.45, 2.75) is 19.3 Å². The zero-order valence-corrected chi connectivity index (χ0v) is 17.8. The predicted octanol–water partition coefficient (Wildman–Crippen LogP) is 5.37. The van der Waals surface area contributed by atoms with Gasteiger partial charge in [0.15, 0.2) is 12.4 Å². The number of ether oxygens (including phenoxy) is 2. The molecule has 1 amide bonds. The van der Waals surface area contributed by atoms with E-state index in [1.807, 2.05) is 72.8 Å².